The van der Waals surface area contributed by atoms with Crippen molar-refractivity contribution in [2.24, 2.45) is 0 Å². The predicted molar refractivity (Wildman–Crippen MR) is 69.7 cm³/mol. The Morgan fingerprint density at radius 1 is 1.31 bits per heavy atom. The molecule has 0 spiro atoms. The number of amides is 1. The lowest BCUT2D eigenvalue weighted by Gasteiger charge is -2.15. The summed E-state index contributed by atoms with van der Waals surface area (Å²) in [6.45, 7) is 2.88. The monoisotopic (exact) mass is 242 g/mol. The third kappa shape index (κ3) is 4.53. The van der Waals surface area contributed by atoms with E-state index in [2.05, 4.69) is 6.92 Å². The summed E-state index contributed by atoms with van der Waals surface area (Å²) >= 11 is 0. The lowest BCUT2D eigenvalue weighted by atomic mass is 10.1. The second kappa shape index (κ2) is 7.12. The highest BCUT2D eigenvalue weighted by molar-refractivity contribution is 5.85. The Labute approximate surface area is 103 Å². The number of nitrogens with zero attached hydrogens (tertiary/aromatic N) is 1. The molecule has 0 radical (unpaired) electrons. The first kappa shape index (κ1) is 14.8. The van der Waals surface area contributed by atoms with Crippen molar-refractivity contribution in [1.29, 1.82) is 0 Å². The van der Waals surface area contributed by atoms with E-state index >= 15 is 0 Å². The van der Waals surface area contributed by atoms with E-state index in [1.807, 2.05) is 31.3 Å². The van der Waals surface area contributed by atoms with E-state index in [9.17, 15) is 4.79 Å². The standard InChI is InChI=1S/C12H18N2O.ClH/c1-3-8-14(2)12(15)9-10-4-6-11(13)7-5-10;/h4-7H,3,8-9,13H2,1-2H3;1H. The molecule has 1 aromatic rings. The van der Waals surface area contributed by atoms with Crippen molar-refractivity contribution in [2.45, 2.75) is 19.8 Å². The molecule has 0 unspecified atom stereocenters. The molecular weight excluding hydrogens is 224 g/mol. The van der Waals surface area contributed by atoms with Gasteiger partial charge >= 0.3 is 0 Å². The van der Waals surface area contributed by atoms with Gasteiger partial charge in [-0.2, -0.15) is 0 Å². The zero-order valence-electron chi connectivity index (χ0n) is 9.77. The summed E-state index contributed by atoms with van der Waals surface area (Å²) in [4.78, 5) is 13.4. The Hall–Kier alpha value is -1.22. The minimum Gasteiger partial charge on any atom is -0.399 e. The molecule has 0 heterocycles. The van der Waals surface area contributed by atoms with E-state index in [1.54, 1.807) is 4.90 Å². The summed E-state index contributed by atoms with van der Waals surface area (Å²) in [7, 11) is 1.84. The highest BCUT2D eigenvalue weighted by Crippen LogP contribution is 2.07. The first-order chi connectivity index (χ1) is 7.13. The second-order valence-electron chi connectivity index (χ2n) is 3.73. The fourth-order valence-electron chi connectivity index (χ4n) is 1.41. The van der Waals surface area contributed by atoms with Gasteiger partial charge in [0, 0.05) is 19.3 Å². The van der Waals surface area contributed by atoms with Crippen molar-refractivity contribution < 1.29 is 4.79 Å². The lowest BCUT2D eigenvalue weighted by molar-refractivity contribution is -0.129. The molecule has 0 atom stereocenters. The molecule has 0 saturated carbocycles. The maximum atomic E-state index is 11.7. The first-order valence-electron chi connectivity index (χ1n) is 5.22. The topological polar surface area (TPSA) is 46.3 Å². The van der Waals surface area contributed by atoms with Crippen LogP contribution in [-0.4, -0.2) is 24.4 Å². The van der Waals surface area contributed by atoms with Crippen molar-refractivity contribution >= 4 is 24.0 Å². The molecule has 90 valence electrons. The molecule has 0 aliphatic carbocycles. The molecule has 0 aliphatic rings. The van der Waals surface area contributed by atoms with Crippen LogP contribution in [0.4, 0.5) is 5.69 Å². The highest BCUT2D eigenvalue weighted by Gasteiger charge is 2.07. The molecule has 4 heteroatoms. The number of nitrogen functional groups attached to an aromatic ring is 1. The molecule has 3 nitrogen and oxygen atoms in total. The van der Waals surface area contributed by atoms with Crippen LogP contribution in [0.1, 0.15) is 18.9 Å². The number of halogens is 1. The van der Waals surface area contributed by atoms with Crippen LogP contribution < -0.4 is 5.73 Å². The van der Waals surface area contributed by atoms with Gasteiger partial charge in [0.2, 0.25) is 5.91 Å². The highest BCUT2D eigenvalue weighted by atomic mass is 35.5. The van der Waals surface area contributed by atoms with Gasteiger partial charge in [-0.25, -0.2) is 0 Å². The van der Waals surface area contributed by atoms with Crippen LogP contribution in [0.3, 0.4) is 0 Å². The summed E-state index contributed by atoms with van der Waals surface area (Å²) in [5.41, 5.74) is 7.31. The molecule has 0 bridgehead atoms. The molecule has 0 aliphatic heterocycles. The van der Waals surface area contributed by atoms with E-state index in [4.69, 9.17) is 5.73 Å². The van der Waals surface area contributed by atoms with E-state index < -0.39 is 0 Å². The Kier molecular flexibility index (Phi) is 6.58. The number of rotatable bonds is 4. The summed E-state index contributed by atoms with van der Waals surface area (Å²) in [6, 6.07) is 7.44. The van der Waals surface area contributed by atoms with Crippen LogP contribution in [0.25, 0.3) is 0 Å². The van der Waals surface area contributed by atoms with Gasteiger partial charge in [0.15, 0.2) is 0 Å². The van der Waals surface area contributed by atoms with Crippen molar-refractivity contribution in [3.63, 3.8) is 0 Å². The number of hydrogen-bond acceptors (Lipinski definition) is 2. The van der Waals surface area contributed by atoms with Crippen LogP contribution in [0.15, 0.2) is 24.3 Å². The van der Waals surface area contributed by atoms with Gasteiger partial charge in [-0.3, -0.25) is 4.79 Å². The zero-order chi connectivity index (χ0) is 11.3. The first-order valence-corrected chi connectivity index (χ1v) is 5.22. The number of carbonyl (C=O) groups is 1. The Morgan fingerprint density at radius 3 is 2.38 bits per heavy atom. The fourth-order valence-corrected chi connectivity index (χ4v) is 1.41. The molecule has 1 rings (SSSR count). The average molecular weight is 243 g/mol. The molecule has 0 aromatic heterocycles. The summed E-state index contributed by atoms with van der Waals surface area (Å²) in [5, 5.41) is 0. The largest absolute Gasteiger partial charge is 0.399 e. The van der Waals surface area contributed by atoms with Crippen molar-refractivity contribution in [3.8, 4) is 0 Å². The molecule has 1 amide bonds. The molecule has 1 aromatic carbocycles. The Bertz CT molecular complexity index is 324. The smallest absolute Gasteiger partial charge is 0.226 e. The molecule has 0 saturated heterocycles. The van der Waals surface area contributed by atoms with Crippen LogP contribution in [0.2, 0.25) is 0 Å². The summed E-state index contributed by atoms with van der Waals surface area (Å²) in [5.74, 6) is 0.154. The number of benzene rings is 1. The third-order valence-electron chi connectivity index (χ3n) is 2.32. The van der Waals surface area contributed by atoms with Gasteiger partial charge in [0.25, 0.3) is 0 Å². The number of hydrogen-bond donors (Lipinski definition) is 1. The summed E-state index contributed by atoms with van der Waals surface area (Å²) < 4.78 is 0. The molecule has 0 fully saturated rings. The minimum atomic E-state index is 0. The van der Waals surface area contributed by atoms with Crippen molar-refractivity contribution in [3.05, 3.63) is 29.8 Å². The third-order valence-corrected chi connectivity index (χ3v) is 2.32. The second-order valence-corrected chi connectivity index (χ2v) is 3.73. The molecule has 2 N–H and O–H groups in total. The number of likely N-dealkylation sites (N-methyl/N-ethyl adjacent to an activating group) is 1. The Balaban J connectivity index is 0.00000225. The van der Waals surface area contributed by atoms with Crippen LogP contribution in [0.5, 0.6) is 0 Å². The number of nitrogens with two attached hydrogens (primary N) is 1. The van der Waals surface area contributed by atoms with E-state index in [1.165, 1.54) is 0 Å². The van der Waals surface area contributed by atoms with Gasteiger partial charge in [0.1, 0.15) is 0 Å². The van der Waals surface area contributed by atoms with Gasteiger partial charge < -0.3 is 10.6 Å². The van der Waals surface area contributed by atoms with Crippen LogP contribution in [-0.2, 0) is 11.2 Å². The van der Waals surface area contributed by atoms with Crippen molar-refractivity contribution in [1.82, 2.24) is 4.90 Å². The average Bonchev–Trinajstić information content (AvgIpc) is 2.22. The number of anilines is 1. The minimum absolute atomic E-state index is 0. The quantitative estimate of drug-likeness (QED) is 0.822. The van der Waals surface area contributed by atoms with E-state index in [-0.39, 0.29) is 18.3 Å². The lowest BCUT2D eigenvalue weighted by Crippen LogP contribution is -2.28. The van der Waals surface area contributed by atoms with Crippen LogP contribution >= 0.6 is 12.4 Å². The number of carbonyl (C=O) groups excluding carboxylic acids is 1. The van der Waals surface area contributed by atoms with E-state index in [0.717, 1.165) is 24.2 Å². The van der Waals surface area contributed by atoms with Gasteiger partial charge in [-0.05, 0) is 24.1 Å². The van der Waals surface area contributed by atoms with Crippen LogP contribution in [0, 0.1) is 0 Å². The summed E-state index contributed by atoms with van der Waals surface area (Å²) in [6.07, 6.45) is 1.45. The molecular formula is C12H19ClN2O. The van der Waals surface area contributed by atoms with Gasteiger partial charge in [-0.1, -0.05) is 19.1 Å². The fraction of sp³-hybridized carbons (Fsp3) is 0.417. The SMILES string of the molecule is CCCN(C)C(=O)Cc1ccc(N)cc1.Cl. The maximum Gasteiger partial charge on any atom is 0.226 e. The normalized spacial score (nSPS) is 9.38. The Morgan fingerprint density at radius 2 is 1.88 bits per heavy atom. The van der Waals surface area contributed by atoms with Gasteiger partial charge in [-0.15, -0.1) is 12.4 Å². The zero-order valence-corrected chi connectivity index (χ0v) is 10.6. The van der Waals surface area contributed by atoms with Crippen molar-refractivity contribution in [2.75, 3.05) is 19.3 Å². The predicted octanol–water partition coefficient (Wildman–Crippen LogP) is 2.10. The molecule has 16 heavy (non-hydrogen) atoms. The maximum absolute atomic E-state index is 11.7. The van der Waals surface area contributed by atoms with E-state index in [0.29, 0.717) is 6.42 Å². The van der Waals surface area contributed by atoms with Gasteiger partial charge in [0.05, 0.1) is 6.42 Å².